The predicted molar refractivity (Wildman–Crippen MR) is 77.1 cm³/mol. The van der Waals surface area contributed by atoms with E-state index in [0.29, 0.717) is 5.41 Å². The molecule has 1 aliphatic carbocycles. The molecule has 0 bridgehead atoms. The summed E-state index contributed by atoms with van der Waals surface area (Å²) >= 11 is 3.49. The van der Waals surface area contributed by atoms with Gasteiger partial charge in [-0.2, -0.15) is 0 Å². The van der Waals surface area contributed by atoms with Crippen LogP contribution in [0, 0.1) is 5.41 Å². The summed E-state index contributed by atoms with van der Waals surface area (Å²) in [7, 11) is 0. The minimum atomic E-state index is 0.243. The van der Waals surface area contributed by atoms with Crippen LogP contribution in [0.2, 0.25) is 0 Å². The Hall–Kier alpha value is -0.340. The fraction of sp³-hybridized carbons (Fsp3) is 0.600. The third-order valence-electron chi connectivity index (χ3n) is 4.77. The minimum absolute atomic E-state index is 0.243. The molecule has 1 nitrogen and oxygen atoms in total. The number of halogens is 1. The van der Waals surface area contributed by atoms with E-state index in [9.17, 15) is 0 Å². The molecule has 1 saturated carbocycles. The van der Waals surface area contributed by atoms with Crippen LogP contribution in [-0.4, -0.2) is 6.54 Å². The van der Waals surface area contributed by atoms with E-state index in [0.717, 1.165) is 11.0 Å². The van der Waals surface area contributed by atoms with Crippen LogP contribution in [0.4, 0.5) is 0 Å². The Morgan fingerprint density at radius 3 is 2.06 bits per heavy atom. The first-order valence-electron chi connectivity index (χ1n) is 6.56. The molecule has 2 rings (SSSR count). The van der Waals surface area contributed by atoms with E-state index >= 15 is 0 Å². The van der Waals surface area contributed by atoms with Crippen molar-refractivity contribution in [3.05, 3.63) is 34.3 Å². The van der Waals surface area contributed by atoms with Crippen LogP contribution in [0.15, 0.2) is 28.7 Å². The third kappa shape index (κ3) is 2.17. The Balaban J connectivity index is 2.22. The molecular weight excluding hydrogens is 274 g/mol. The van der Waals surface area contributed by atoms with E-state index < -0.39 is 0 Å². The molecular formula is C15H22BrN. The van der Waals surface area contributed by atoms with Crippen molar-refractivity contribution in [2.45, 2.75) is 44.9 Å². The Bertz CT molecular complexity index is 370. The summed E-state index contributed by atoms with van der Waals surface area (Å²) in [5.74, 6) is 0. The van der Waals surface area contributed by atoms with Crippen molar-refractivity contribution in [3.63, 3.8) is 0 Å². The number of hydrogen-bond acceptors (Lipinski definition) is 1. The Kier molecular flexibility index (Phi) is 3.65. The van der Waals surface area contributed by atoms with Gasteiger partial charge in [-0.25, -0.2) is 0 Å². The highest BCUT2D eigenvalue weighted by molar-refractivity contribution is 9.10. The summed E-state index contributed by atoms with van der Waals surface area (Å²) in [5, 5.41) is 0. The van der Waals surface area contributed by atoms with Crippen LogP contribution in [0.3, 0.4) is 0 Å². The zero-order chi connectivity index (χ0) is 12.5. The molecule has 0 aromatic heterocycles. The average molecular weight is 296 g/mol. The van der Waals surface area contributed by atoms with E-state index in [-0.39, 0.29) is 5.41 Å². The molecule has 0 spiro atoms. The zero-order valence-corrected chi connectivity index (χ0v) is 12.4. The molecule has 0 amide bonds. The molecule has 17 heavy (non-hydrogen) atoms. The molecule has 1 fully saturated rings. The van der Waals surface area contributed by atoms with Gasteiger partial charge in [0.25, 0.3) is 0 Å². The van der Waals surface area contributed by atoms with Gasteiger partial charge in [0.15, 0.2) is 0 Å². The van der Waals surface area contributed by atoms with Crippen LogP contribution < -0.4 is 5.73 Å². The monoisotopic (exact) mass is 295 g/mol. The molecule has 1 aromatic rings. The SMILES string of the molecule is CCC1(CC)CC(CN)(c2ccc(Br)cc2)C1. The van der Waals surface area contributed by atoms with Crippen molar-refractivity contribution in [3.8, 4) is 0 Å². The summed E-state index contributed by atoms with van der Waals surface area (Å²) < 4.78 is 1.14. The van der Waals surface area contributed by atoms with E-state index in [1.165, 1.54) is 31.2 Å². The van der Waals surface area contributed by atoms with Gasteiger partial charge in [-0.1, -0.05) is 54.8 Å². The standard InChI is InChI=1S/C15H22BrN/c1-3-14(4-2)9-15(10-14,11-17)12-5-7-13(16)8-6-12/h5-8H,3-4,9-11,17H2,1-2H3. The van der Waals surface area contributed by atoms with Crippen molar-refractivity contribution in [1.29, 1.82) is 0 Å². The van der Waals surface area contributed by atoms with Crippen LogP contribution in [0.5, 0.6) is 0 Å². The van der Waals surface area contributed by atoms with Crippen LogP contribution in [-0.2, 0) is 5.41 Å². The van der Waals surface area contributed by atoms with Gasteiger partial charge in [-0.05, 0) is 36.0 Å². The molecule has 0 atom stereocenters. The molecule has 0 saturated heterocycles. The normalized spacial score (nSPS) is 20.9. The fourth-order valence-electron chi connectivity index (χ4n) is 3.40. The molecule has 0 heterocycles. The Morgan fingerprint density at radius 2 is 1.65 bits per heavy atom. The Labute approximate surface area is 113 Å². The zero-order valence-electron chi connectivity index (χ0n) is 10.8. The molecule has 0 unspecified atom stereocenters. The first-order valence-corrected chi connectivity index (χ1v) is 7.35. The fourth-order valence-corrected chi connectivity index (χ4v) is 3.67. The second-order valence-electron chi connectivity index (χ2n) is 5.55. The highest BCUT2D eigenvalue weighted by Gasteiger charge is 2.52. The first kappa shape index (κ1) is 13.1. The van der Waals surface area contributed by atoms with Crippen molar-refractivity contribution in [2.75, 3.05) is 6.54 Å². The molecule has 1 aromatic carbocycles. The van der Waals surface area contributed by atoms with E-state index in [1.54, 1.807) is 0 Å². The lowest BCUT2D eigenvalue weighted by atomic mass is 9.48. The lowest BCUT2D eigenvalue weighted by molar-refractivity contribution is 0.0183. The van der Waals surface area contributed by atoms with E-state index in [2.05, 4.69) is 54.0 Å². The van der Waals surface area contributed by atoms with Crippen molar-refractivity contribution < 1.29 is 0 Å². The van der Waals surface area contributed by atoms with Crippen molar-refractivity contribution >= 4 is 15.9 Å². The van der Waals surface area contributed by atoms with Gasteiger partial charge in [-0.15, -0.1) is 0 Å². The second-order valence-corrected chi connectivity index (χ2v) is 6.47. The van der Waals surface area contributed by atoms with Gasteiger partial charge < -0.3 is 5.73 Å². The molecule has 2 N–H and O–H groups in total. The summed E-state index contributed by atoms with van der Waals surface area (Å²) in [5.41, 5.74) is 8.27. The molecule has 1 aliphatic rings. The Morgan fingerprint density at radius 1 is 1.12 bits per heavy atom. The predicted octanol–water partition coefficient (Wildman–Crippen LogP) is 4.25. The summed E-state index contributed by atoms with van der Waals surface area (Å²) in [6.07, 6.45) is 5.07. The van der Waals surface area contributed by atoms with Crippen LogP contribution >= 0.6 is 15.9 Å². The number of nitrogens with two attached hydrogens (primary N) is 1. The van der Waals surface area contributed by atoms with Crippen LogP contribution in [0.1, 0.15) is 45.1 Å². The number of hydrogen-bond donors (Lipinski definition) is 1. The molecule has 2 heteroatoms. The third-order valence-corrected chi connectivity index (χ3v) is 5.30. The van der Waals surface area contributed by atoms with E-state index in [4.69, 9.17) is 5.73 Å². The second kappa shape index (κ2) is 4.74. The number of benzene rings is 1. The van der Waals surface area contributed by atoms with Gasteiger partial charge in [0.05, 0.1) is 0 Å². The largest absolute Gasteiger partial charge is 0.330 e. The van der Waals surface area contributed by atoms with Crippen LogP contribution in [0.25, 0.3) is 0 Å². The van der Waals surface area contributed by atoms with Crippen molar-refractivity contribution in [1.82, 2.24) is 0 Å². The van der Waals surface area contributed by atoms with Gasteiger partial charge in [0, 0.05) is 16.4 Å². The molecule has 94 valence electrons. The lowest BCUT2D eigenvalue weighted by Gasteiger charge is -2.56. The highest BCUT2D eigenvalue weighted by Crippen LogP contribution is 2.58. The first-order chi connectivity index (χ1) is 8.10. The van der Waals surface area contributed by atoms with E-state index in [1.807, 2.05) is 0 Å². The molecule has 0 aliphatic heterocycles. The topological polar surface area (TPSA) is 26.0 Å². The summed E-state index contributed by atoms with van der Waals surface area (Å²) in [4.78, 5) is 0. The lowest BCUT2D eigenvalue weighted by Crippen LogP contribution is -2.53. The average Bonchev–Trinajstić information content (AvgIpc) is 2.32. The maximum absolute atomic E-state index is 6.06. The molecule has 0 radical (unpaired) electrons. The van der Waals surface area contributed by atoms with Gasteiger partial charge in [0.2, 0.25) is 0 Å². The minimum Gasteiger partial charge on any atom is -0.330 e. The number of rotatable bonds is 4. The smallest absolute Gasteiger partial charge is 0.0175 e. The van der Waals surface area contributed by atoms with Gasteiger partial charge >= 0.3 is 0 Å². The van der Waals surface area contributed by atoms with Gasteiger partial charge in [-0.3, -0.25) is 0 Å². The maximum Gasteiger partial charge on any atom is 0.0175 e. The summed E-state index contributed by atoms with van der Waals surface area (Å²) in [6, 6.07) is 8.72. The van der Waals surface area contributed by atoms with Gasteiger partial charge in [0.1, 0.15) is 0 Å². The quantitative estimate of drug-likeness (QED) is 0.883. The van der Waals surface area contributed by atoms with Crippen molar-refractivity contribution in [2.24, 2.45) is 11.1 Å². The summed E-state index contributed by atoms with van der Waals surface area (Å²) in [6.45, 7) is 5.40. The maximum atomic E-state index is 6.06. The highest BCUT2D eigenvalue weighted by atomic mass is 79.9.